The van der Waals surface area contributed by atoms with Gasteiger partial charge in [0.15, 0.2) is 0 Å². The van der Waals surface area contributed by atoms with Gasteiger partial charge in [0, 0.05) is 31.9 Å². The van der Waals surface area contributed by atoms with Crippen molar-refractivity contribution in [2.45, 2.75) is 44.6 Å². The molecular formula is C22H30N4O. The number of hydrogen-bond acceptors (Lipinski definition) is 5. The molecule has 0 saturated carbocycles. The maximum Gasteiger partial charge on any atom is 0.227 e. The average Bonchev–Trinajstić information content (AvgIpc) is 2.76. The van der Waals surface area contributed by atoms with Crippen LogP contribution in [0.3, 0.4) is 0 Å². The van der Waals surface area contributed by atoms with E-state index in [4.69, 9.17) is 9.72 Å². The summed E-state index contributed by atoms with van der Waals surface area (Å²) in [4.78, 5) is 14.3. The summed E-state index contributed by atoms with van der Waals surface area (Å²) in [5.41, 5.74) is 1.44. The Morgan fingerprint density at radius 3 is 2.70 bits per heavy atom. The van der Waals surface area contributed by atoms with Crippen LogP contribution in [0.1, 0.15) is 37.7 Å². The molecular weight excluding hydrogens is 336 g/mol. The van der Waals surface area contributed by atoms with Crippen LogP contribution in [0.15, 0.2) is 42.6 Å². The highest BCUT2D eigenvalue weighted by Gasteiger charge is 2.25. The third kappa shape index (κ3) is 4.78. The Morgan fingerprint density at radius 1 is 1.00 bits per heavy atom. The lowest BCUT2D eigenvalue weighted by molar-refractivity contribution is 0.122. The van der Waals surface area contributed by atoms with Crippen molar-refractivity contribution in [2.24, 2.45) is 0 Å². The normalized spacial score (nSPS) is 20.7. The summed E-state index contributed by atoms with van der Waals surface area (Å²) in [6.45, 7) is 4.47. The van der Waals surface area contributed by atoms with Crippen molar-refractivity contribution in [3.05, 3.63) is 48.2 Å². The highest BCUT2D eigenvalue weighted by atomic mass is 16.5. The van der Waals surface area contributed by atoms with Gasteiger partial charge in [-0.05, 0) is 50.2 Å². The quantitative estimate of drug-likeness (QED) is 0.780. The topological polar surface area (TPSA) is 41.5 Å². The smallest absolute Gasteiger partial charge is 0.227 e. The maximum atomic E-state index is 5.47. The summed E-state index contributed by atoms with van der Waals surface area (Å²) in [5, 5.41) is 0. The highest BCUT2D eigenvalue weighted by molar-refractivity contribution is 5.44. The van der Waals surface area contributed by atoms with E-state index in [0.29, 0.717) is 6.04 Å². The lowest BCUT2D eigenvalue weighted by Crippen LogP contribution is -2.41. The second-order valence-electron chi connectivity index (χ2n) is 7.54. The Hall–Kier alpha value is -2.14. The van der Waals surface area contributed by atoms with Crippen LogP contribution in [0.2, 0.25) is 0 Å². The van der Waals surface area contributed by atoms with Gasteiger partial charge in [0.05, 0.1) is 13.2 Å². The average molecular weight is 367 g/mol. The van der Waals surface area contributed by atoms with Crippen molar-refractivity contribution in [1.29, 1.82) is 0 Å². The molecule has 2 aliphatic rings. The molecule has 2 fully saturated rings. The maximum absolute atomic E-state index is 5.47. The lowest BCUT2D eigenvalue weighted by atomic mass is 9.96. The van der Waals surface area contributed by atoms with E-state index in [0.717, 1.165) is 51.0 Å². The summed E-state index contributed by atoms with van der Waals surface area (Å²) < 4.78 is 5.47. The molecule has 1 aromatic carbocycles. The van der Waals surface area contributed by atoms with Gasteiger partial charge < -0.3 is 14.5 Å². The highest BCUT2D eigenvalue weighted by Crippen LogP contribution is 2.26. The van der Waals surface area contributed by atoms with Crippen LogP contribution >= 0.6 is 0 Å². The Morgan fingerprint density at radius 2 is 1.85 bits per heavy atom. The largest absolute Gasteiger partial charge is 0.378 e. The number of piperidine rings is 1. The van der Waals surface area contributed by atoms with Crippen molar-refractivity contribution < 1.29 is 4.74 Å². The zero-order valence-corrected chi connectivity index (χ0v) is 16.1. The fourth-order valence-corrected chi connectivity index (χ4v) is 4.20. The summed E-state index contributed by atoms with van der Waals surface area (Å²) in [7, 11) is 0. The van der Waals surface area contributed by atoms with Crippen LogP contribution in [0.25, 0.3) is 0 Å². The molecule has 5 nitrogen and oxygen atoms in total. The number of aromatic nitrogens is 2. The standard InChI is InChI=1S/C22H30N4O/c1-2-7-19(8-3-1)9-6-11-20-10-4-5-14-26(20)22-23-13-12-21(24-22)25-15-17-27-18-16-25/h1-3,7-8,12-13,20H,4-6,9-11,14-18H2. The number of morpholine rings is 1. The monoisotopic (exact) mass is 366 g/mol. The van der Waals surface area contributed by atoms with E-state index in [1.54, 1.807) is 0 Å². The van der Waals surface area contributed by atoms with Crippen LogP contribution in [-0.2, 0) is 11.2 Å². The number of aryl methyl sites for hydroxylation is 1. The minimum absolute atomic E-state index is 0.558. The molecule has 5 heteroatoms. The first-order valence-corrected chi connectivity index (χ1v) is 10.4. The van der Waals surface area contributed by atoms with Crippen molar-refractivity contribution in [3.8, 4) is 0 Å². The van der Waals surface area contributed by atoms with Crippen molar-refractivity contribution >= 4 is 11.8 Å². The van der Waals surface area contributed by atoms with Crippen molar-refractivity contribution in [3.63, 3.8) is 0 Å². The molecule has 1 aromatic heterocycles. The molecule has 0 radical (unpaired) electrons. The van der Waals surface area contributed by atoms with Crippen LogP contribution in [-0.4, -0.2) is 48.9 Å². The second-order valence-corrected chi connectivity index (χ2v) is 7.54. The molecule has 27 heavy (non-hydrogen) atoms. The van der Waals surface area contributed by atoms with Crippen LogP contribution in [0.5, 0.6) is 0 Å². The second kappa shape index (κ2) is 9.18. The SMILES string of the molecule is c1ccc(CCCC2CCCCN2c2nccc(N3CCOCC3)n2)cc1. The number of anilines is 2. The predicted molar refractivity (Wildman–Crippen MR) is 109 cm³/mol. The van der Waals surface area contributed by atoms with E-state index < -0.39 is 0 Å². The molecule has 0 bridgehead atoms. The van der Waals surface area contributed by atoms with E-state index in [1.807, 2.05) is 12.3 Å². The van der Waals surface area contributed by atoms with E-state index in [-0.39, 0.29) is 0 Å². The Bertz CT molecular complexity index is 702. The third-order valence-electron chi connectivity index (χ3n) is 5.69. The first kappa shape index (κ1) is 18.2. The predicted octanol–water partition coefficient (Wildman–Crippen LogP) is 3.70. The van der Waals surface area contributed by atoms with Gasteiger partial charge in [-0.15, -0.1) is 0 Å². The molecule has 1 unspecified atom stereocenters. The molecule has 2 aromatic rings. The van der Waals surface area contributed by atoms with E-state index in [1.165, 1.54) is 37.7 Å². The van der Waals surface area contributed by atoms with Crippen LogP contribution in [0.4, 0.5) is 11.8 Å². The number of rotatable bonds is 6. The Balaban J connectivity index is 1.41. The van der Waals surface area contributed by atoms with E-state index >= 15 is 0 Å². The van der Waals surface area contributed by atoms with Gasteiger partial charge in [0.2, 0.25) is 5.95 Å². The molecule has 0 N–H and O–H groups in total. The summed E-state index contributed by atoms with van der Waals surface area (Å²) in [5.74, 6) is 1.94. The first-order chi connectivity index (χ1) is 13.4. The van der Waals surface area contributed by atoms with Crippen molar-refractivity contribution in [1.82, 2.24) is 9.97 Å². The minimum Gasteiger partial charge on any atom is -0.378 e. The van der Waals surface area contributed by atoms with Gasteiger partial charge in [-0.2, -0.15) is 4.98 Å². The Labute approximate surface area is 162 Å². The number of hydrogen-bond donors (Lipinski definition) is 0. The number of nitrogens with zero attached hydrogens (tertiary/aromatic N) is 4. The van der Waals surface area contributed by atoms with E-state index in [9.17, 15) is 0 Å². The zero-order valence-electron chi connectivity index (χ0n) is 16.1. The summed E-state index contributed by atoms with van der Waals surface area (Å²) in [6, 6.07) is 13.4. The van der Waals surface area contributed by atoms with Gasteiger partial charge in [0.1, 0.15) is 5.82 Å². The third-order valence-corrected chi connectivity index (χ3v) is 5.69. The van der Waals surface area contributed by atoms with Gasteiger partial charge >= 0.3 is 0 Å². The lowest BCUT2D eigenvalue weighted by Gasteiger charge is -2.36. The van der Waals surface area contributed by atoms with Gasteiger partial charge in [0.25, 0.3) is 0 Å². The molecule has 4 rings (SSSR count). The summed E-state index contributed by atoms with van der Waals surface area (Å²) >= 11 is 0. The number of ether oxygens (including phenoxy) is 1. The minimum atomic E-state index is 0.558. The molecule has 0 aliphatic carbocycles. The molecule has 3 heterocycles. The van der Waals surface area contributed by atoms with Gasteiger partial charge in [-0.25, -0.2) is 4.98 Å². The summed E-state index contributed by atoms with van der Waals surface area (Å²) in [6.07, 6.45) is 9.30. The molecule has 2 aliphatic heterocycles. The Kier molecular flexibility index (Phi) is 6.20. The zero-order chi connectivity index (χ0) is 18.3. The van der Waals surface area contributed by atoms with E-state index in [2.05, 4.69) is 45.1 Å². The molecule has 0 spiro atoms. The number of benzene rings is 1. The molecule has 144 valence electrons. The van der Waals surface area contributed by atoms with Crippen LogP contribution in [0, 0.1) is 0 Å². The fraction of sp³-hybridized carbons (Fsp3) is 0.545. The van der Waals surface area contributed by atoms with Crippen LogP contribution < -0.4 is 9.80 Å². The fourth-order valence-electron chi connectivity index (χ4n) is 4.20. The van der Waals surface area contributed by atoms with Gasteiger partial charge in [-0.3, -0.25) is 0 Å². The van der Waals surface area contributed by atoms with Gasteiger partial charge in [-0.1, -0.05) is 30.3 Å². The molecule has 1 atom stereocenters. The van der Waals surface area contributed by atoms with Crippen molar-refractivity contribution in [2.75, 3.05) is 42.6 Å². The molecule has 2 saturated heterocycles. The first-order valence-electron chi connectivity index (χ1n) is 10.4. The molecule has 0 amide bonds.